The summed E-state index contributed by atoms with van der Waals surface area (Å²) in [7, 11) is 0. The Balaban J connectivity index is 1.53. The van der Waals surface area contributed by atoms with E-state index in [1.807, 2.05) is 19.2 Å². The number of amides is 1. The molecule has 1 aromatic heterocycles. The first kappa shape index (κ1) is 16.6. The summed E-state index contributed by atoms with van der Waals surface area (Å²) >= 11 is 0. The molecular weight excluding hydrogens is 302 g/mol. The van der Waals surface area contributed by atoms with E-state index >= 15 is 0 Å². The number of benzene rings is 1. The van der Waals surface area contributed by atoms with Gasteiger partial charge < -0.3 is 5.32 Å². The second-order valence-electron chi connectivity index (χ2n) is 6.38. The molecule has 2 heterocycles. The molecule has 0 spiro atoms. The van der Waals surface area contributed by atoms with Gasteiger partial charge in [-0.05, 0) is 31.9 Å². The summed E-state index contributed by atoms with van der Waals surface area (Å²) in [6, 6.07) is 10.3. The number of hydrogen-bond acceptors (Lipinski definition) is 4. The summed E-state index contributed by atoms with van der Waals surface area (Å²) in [6.07, 6.45) is 5.09. The Hall–Kier alpha value is -2.21. The van der Waals surface area contributed by atoms with Gasteiger partial charge >= 0.3 is 0 Å². The van der Waals surface area contributed by atoms with Crippen LogP contribution in [0.1, 0.15) is 30.5 Å². The number of carbonyl (C=O) groups is 1. The number of nitrogens with zero attached hydrogens (tertiary/aromatic N) is 4. The van der Waals surface area contributed by atoms with Gasteiger partial charge in [-0.15, -0.1) is 5.10 Å². The molecule has 1 aliphatic heterocycles. The van der Waals surface area contributed by atoms with Crippen LogP contribution in [-0.2, 0) is 17.9 Å². The molecule has 0 bridgehead atoms. The molecule has 1 amide bonds. The van der Waals surface area contributed by atoms with E-state index in [2.05, 4.69) is 44.8 Å². The van der Waals surface area contributed by atoms with Crippen LogP contribution in [-0.4, -0.2) is 44.9 Å². The molecule has 3 rings (SSSR count). The van der Waals surface area contributed by atoms with Crippen LogP contribution < -0.4 is 5.32 Å². The number of aryl methyl sites for hydroxylation is 1. The van der Waals surface area contributed by atoms with Gasteiger partial charge in [0.1, 0.15) is 0 Å². The zero-order valence-corrected chi connectivity index (χ0v) is 14.2. The molecule has 6 heteroatoms. The molecule has 0 saturated carbocycles. The lowest BCUT2D eigenvalue weighted by Crippen LogP contribution is -2.49. The Labute approximate surface area is 142 Å². The third-order valence-corrected chi connectivity index (χ3v) is 4.44. The SMILES string of the molecule is Cc1cn(CCNC(=O)[C@H]2CCCCN2Cc2ccccc2)nn1. The summed E-state index contributed by atoms with van der Waals surface area (Å²) in [5.41, 5.74) is 2.15. The van der Waals surface area contributed by atoms with Gasteiger partial charge in [-0.25, -0.2) is 0 Å². The van der Waals surface area contributed by atoms with E-state index in [1.54, 1.807) is 4.68 Å². The van der Waals surface area contributed by atoms with E-state index in [0.29, 0.717) is 13.1 Å². The highest BCUT2D eigenvalue weighted by molar-refractivity contribution is 5.81. The van der Waals surface area contributed by atoms with Crippen molar-refractivity contribution in [2.45, 2.75) is 45.3 Å². The second-order valence-corrected chi connectivity index (χ2v) is 6.38. The van der Waals surface area contributed by atoms with E-state index in [1.165, 1.54) is 5.56 Å². The summed E-state index contributed by atoms with van der Waals surface area (Å²) in [4.78, 5) is 14.9. The zero-order chi connectivity index (χ0) is 16.8. The minimum Gasteiger partial charge on any atom is -0.353 e. The van der Waals surface area contributed by atoms with E-state index in [9.17, 15) is 4.79 Å². The topological polar surface area (TPSA) is 63.1 Å². The van der Waals surface area contributed by atoms with Gasteiger partial charge in [0, 0.05) is 19.3 Å². The van der Waals surface area contributed by atoms with Gasteiger partial charge in [0.15, 0.2) is 0 Å². The van der Waals surface area contributed by atoms with Crippen LogP contribution >= 0.6 is 0 Å². The van der Waals surface area contributed by atoms with Gasteiger partial charge in [-0.1, -0.05) is 42.0 Å². The van der Waals surface area contributed by atoms with Crippen LogP contribution in [0, 0.1) is 6.92 Å². The first-order chi connectivity index (χ1) is 11.7. The molecule has 0 aliphatic carbocycles. The number of carbonyl (C=O) groups excluding carboxylic acids is 1. The fourth-order valence-electron chi connectivity index (χ4n) is 3.21. The lowest BCUT2D eigenvalue weighted by atomic mass is 10.0. The van der Waals surface area contributed by atoms with Gasteiger partial charge in [-0.3, -0.25) is 14.4 Å². The highest BCUT2D eigenvalue weighted by Crippen LogP contribution is 2.19. The molecule has 1 aliphatic rings. The van der Waals surface area contributed by atoms with Crippen molar-refractivity contribution in [3.63, 3.8) is 0 Å². The maximum Gasteiger partial charge on any atom is 0.237 e. The van der Waals surface area contributed by atoms with Crippen LogP contribution in [0.5, 0.6) is 0 Å². The normalized spacial score (nSPS) is 18.5. The van der Waals surface area contributed by atoms with Crippen LogP contribution in [0.25, 0.3) is 0 Å². The van der Waals surface area contributed by atoms with Gasteiger partial charge in [0.2, 0.25) is 5.91 Å². The van der Waals surface area contributed by atoms with Crippen LogP contribution in [0.3, 0.4) is 0 Å². The van der Waals surface area contributed by atoms with Crippen LogP contribution in [0.4, 0.5) is 0 Å². The molecule has 6 nitrogen and oxygen atoms in total. The molecule has 2 aromatic rings. The second kappa shape index (κ2) is 8.06. The fraction of sp³-hybridized carbons (Fsp3) is 0.500. The molecule has 0 unspecified atom stereocenters. The lowest BCUT2D eigenvalue weighted by Gasteiger charge is -2.34. The predicted octanol–water partition coefficient (Wildman–Crippen LogP) is 1.76. The summed E-state index contributed by atoms with van der Waals surface area (Å²) in [5, 5.41) is 11.0. The zero-order valence-electron chi connectivity index (χ0n) is 14.2. The molecule has 1 saturated heterocycles. The van der Waals surface area contributed by atoms with Crippen LogP contribution in [0.2, 0.25) is 0 Å². The van der Waals surface area contributed by atoms with E-state index in [0.717, 1.165) is 38.0 Å². The summed E-state index contributed by atoms with van der Waals surface area (Å²) in [5.74, 6) is 0.127. The van der Waals surface area contributed by atoms with Crippen LogP contribution in [0.15, 0.2) is 36.5 Å². The minimum atomic E-state index is -0.0311. The Bertz CT molecular complexity index is 654. The van der Waals surface area contributed by atoms with Gasteiger partial charge in [0.25, 0.3) is 0 Å². The maximum absolute atomic E-state index is 12.6. The number of piperidine rings is 1. The molecule has 128 valence electrons. The smallest absolute Gasteiger partial charge is 0.237 e. The van der Waals surface area contributed by atoms with E-state index < -0.39 is 0 Å². The summed E-state index contributed by atoms with van der Waals surface area (Å²) in [6.45, 7) is 4.96. The van der Waals surface area contributed by atoms with Crippen molar-refractivity contribution in [2.75, 3.05) is 13.1 Å². The number of likely N-dealkylation sites (tertiary alicyclic amines) is 1. The Morgan fingerprint density at radius 2 is 2.12 bits per heavy atom. The third-order valence-electron chi connectivity index (χ3n) is 4.44. The Morgan fingerprint density at radius 1 is 1.29 bits per heavy atom. The molecule has 24 heavy (non-hydrogen) atoms. The van der Waals surface area contributed by atoms with Crippen molar-refractivity contribution in [3.8, 4) is 0 Å². The lowest BCUT2D eigenvalue weighted by molar-refractivity contribution is -0.127. The number of aromatic nitrogens is 3. The third kappa shape index (κ3) is 4.41. The standard InChI is InChI=1S/C18H25N5O/c1-15-13-23(21-20-15)12-10-19-18(24)17-9-5-6-11-22(17)14-16-7-3-2-4-8-16/h2-4,7-8,13,17H,5-6,9-12,14H2,1H3,(H,19,24)/t17-/m1/s1. The maximum atomic E-state index is 12.6. The number of nitrogens with one attached hydrogen (secondary N) is 1. The van der Waals surface area contributed by atoms with Crippen molar-refractivity contribution < 1.29 is 4.79 Å². The molecule has 1 aromatic carbocycles. The molecule has 0 radical (unpaired) electrons. The monoisotopic (exact) mass is 327 g/mol. The predicted molar refractivity (Wildman–Crippen MR) is 92.3 cm³/mol. The van der Waals surface area contributed by atoms with Crippen molar-refractivity contribution in [3.05, 3.63) is 47.8 Å². The molecule has 1 atom stereocenters. The van der Waals surface area contributed by atoms with Crippen molar-refractivity contribution in [2.24, 2.45) is 0 Å². The average Bonchev–Trinajstić information content (AvgIpc) is 3.01. The largest absolute Gasteiger partial charge is 0.353 e. The fourth-order valence-corrected chi connectivity index (χ4v) is 3.21. The highest BCUT2D eigenvalue weighted by atomic mass is 16.2. The molecular formula is C18H25N5O. The quantitative estimate of drug-likeness (QED) is 0.878. The van der Waals surface area contributed by atoms with Crippen molar-refractivity contribution in [1.29, 1.82) is 0 Å². The summed E-state index contributed by atoms with van der Waals surface area (Å²) < 4.78 is 1.76. The van der Waals surface area contributed by atoms with Crippen molar-refractivity contribution in [1.82, 2.24) is 25.2 Å². The van der Waals surface area contributed by atoms with Gasteiger partial charge in [0.05, 0.1) is 18.3 Å². The Kier molecular flexibility index (Phi) is 5.59. The number of hydrogen-bond donors (Lipinski definition) is 1. The minimum absolute atomic E-state index is 0.0311. The highest BCUT2D eigenvalue weighted by Gasteiger charge is 2.28. The number of rotatable bonds is 6. The van der Waals surface area contributed by atoms with E-state index in [4.69, 9.17) is 0 Å². The van der Waals surface area contributed by atoms with E-state index in [-0.39, 0.29) is 11.9 Å². The first-order valence-electron chi connectivity index (χ1n) is 8.65. The molecule has 1 N–H and O–H groups in total. The molecule has 1 fully saturated rings. The van der Waals surface area contributed by atoms with Crippen molar-refractivity contribution >= 4 is 5.91 Å². The first-order valence-corrected chi connectivity index (χ1v) is 8.65. The Morgan fingerprint density at radius 3 is 2.88 bits per heavy atom. The average molecular weight is 327 g/mol. The van der Waals surface area contributed by atoms with Gasteiger partial charge in [-0.2, -0.15) is 0 Å².